The number of nitrogens with one attached hydrogen (secondary N) is 1. The van der Waals surface area contributed by atoms with Gasteiger partial charge in [-0.15, -0.1) is 0 Å². The maximum Gasteiger partial charge on any atom is 0.266 e. The van der Waals surface area contributed by atoms with Gasteiger partial charge in [0.05, 0.1) is 12.7 Å². The van der Waals surface area contributed by atoms with Crippen molar-refractivity contribution in [3.05, 3.63) is 44.3 Å². The van der Waals surface area contributed by atoms with Gasteiger partial charge in [-0.05, 0) is 45.9 Å². The standard InChI is InChI=1S/C18H19BrN2O3/c1-5-23-16-7-13(15(19)8-17(16)24-10(2)3)12-6-11(4)21-18(22)14(12)9-20/h6-8,10H,5H2,1-4H3,(H,21,22). The summed E-state index contributed by atoms with van der Waals surface area (Å²) in [4.78, 5) is 14.7. The molecule has 0 unspecified atom stereocenters. The molecule has 1 aromatic carbocycles. The highest BCUT2D eigenvalue weighted by Gasteiger charge is 2.17. The van der Waals surface area contributed by atoms with Crippen LogP contribution in [0.15, 0.2) is 27.5 Å². The fraction of sp³-hybridized carbons (Fsp3) is 0.333. The number of nitrogens with zero attached hydrogens (tertiary/aromatic N) is 1. The highest BCUT2D eigenvalue weighted by Crippen LogP contribution is 2.40. The summed E-state index contributed by atoms with van der Waals surface area (Å²) >= 11 is 3.51. The Bertz CT molecular complexity index is 851. The molecule has 24 heavy (non-hydrogen) atoms. The van der Waals surface area contributed by atoms with Crippen molar-refractivity contribution in [1.29, 1.82) is 5.26 Å². The predicted molar refractivity (Wildman–Crippen MR) is 96.6 cm³/mol. The molecule has 0 aliphatic heterocycles. The molecule has 0 spiro atoms. The summed E-state index contributed by atoms with van der Waals surface area (Å²) in [6, 6.07) is 7.35. The largest absolute Gasteiger partial charge is 0.490 e. The lowest BCUT2D eigenvalue weighted by molar-refractivity contribution is 0.224. The summed E-state index contributed by atoms with van der Waals surface area (Å²) < 4.78 is 12.2. The molecule has 1 heterocycles. The molecule has 0 bridgehead atoms. The minimum absolute atomic E-state index is 0.00144. The van der Waals surface area contributed by atoms with E-state index in [0.29, 0.717) is 34.9 Å². The third-order valence-corrected chi connectivity index (χ3v) is 3.92. The first-order valence-corrected chi connectivity index (χ1v) is 8.44. The van der Waals surface area contributed by atoms with Crippen LogP contribution in [-0.2, 0) is 0 Å². The molecule has 1 N–H and O–H groups in total. The highest BCUT2D eigenvalue weighted by molar-refractivity contribution is 9.10. The lowest BCUT2D eigenvalue weighted by Gasteiger charge is -2.17. The smallest absolute Gasteiger partial charge is 0.266 e. The van der Waals surface area contributed by atoms with E-state index < -0.39 is 5.56 Å². The van der Waals surface area contributed by atoms with E-state index in [2.05, 4.69) is 20.9 Å². The van der Waals surface area contributed by atoms with E-state index in [9.17, 15) is 10.1 Å². The van der Waals surface area contributed by atoms with Crippen molar-refractivity contribution >= 4 is 15.9 Å². The minimum Gasteiger partial charge on any atom is -0.490 e. The van der Waals surface area contributed by atoms with E-state index in [-0.39, 0.29) is 11.7 Å². The Morgan fingerprint density at radius 3 is 2.54 bits per heavy atom. The maximum absolute atomic E-state index is 12.1. The Morgan fingerprint density at radius 1 is 1.25 bits per heavy atom. The average molecular weight is 391 g/mol. The number of benzene rings is 1. The van der Waals surface area contributed by atoms with Gasteiger partial charge in [0.2, 0.25) is 0 Å². The number of aryl methyl sites for hydroxylation is 1. The van der Waals surface area contributed by atoms with Crippen molar-refractivity contribution in [3.63, 3.8) is 0 Å². The van der Waals surface area contributed by atoms with Gasteiger partial charge in [0.25, 0.3) is 5.56 Å². The van der Waals surface area contributed by atoms with E-state index in [1.54, 1.807) is 25.1 Å². The van der Waals surface area contributed by atoms with Gasteiger partial charge in [-0.1, -0.05) is 15.9 Å². The molecule has 1 aromatic heterocycles. The molecule has 0 saturated heterocycles. The SMILES string of the molecule is CCOc1cc(-c2cc(C)[nH]c(=O)c2C#N)c(Br)cc1OC(C)C. The summed E-state index contributed by atoms with van der Waals surface area (Å²) in [5.41, 5.74) is 1.62. The molecule has 0 atom stereocenters. The van der Waals surface area contributed by atoms with E-state index in [1.165, 1.54) is 0 Å². The lowest BCUT2D eigenvalue weighted by Crippen LogP contribution is -2.13. The van der Waals surface area contributed by atoms with E-state index in [4.69, 9.17) is 9.47 Å². The molecular weight excluding hydrogens is 372 g/mol. The molecule has 0 saturated carbocycles. The zero-order valence-electron chi connectivity index (χ0n) is 14.1. The van der Waals surface area contributed by atoms with Crippen LogP contribution in [0, 0.1) is 18.3 Å². The number of aromatic nitrogens is 1. The Kier molecular flexibility index (Phi) is 5.68. The Labute approximate surface area is 149 Å². The molecule has 0 amide bonds. The minimum atomic E-state index is -0.403. The molecule has 126 valence electrons. The molecular formula is C18H19BrN2O3. The summed E-state index contributed by atoms with van der Waals surface area (Å²) in [6.07, 6.45) is -0.00144. The average Bonchev–Trinajstić information content (AvgIpc) is 2.48. The van der Waals surface area contributed by atoms with Crippen LogP contribution < -0.4 is 15.0 Å². The van der Waals surface area contributed by atoms with Gasteiger partial charge < -0.3 is 14.5 Å². The second-order valence-corrected chi connectivity index (χ2v) is 6.41. The van der Waals surface area contributed by atoms with Gasteiger partial charge in [0.1, 0.15) is 11.6 Å². The van der Waals surface area contributed by atoms with Crippen molar-refractivity contribution in [2.24, 2.45) is 0 Å². The number of pyridine rings is 1. The van der Waals surface area contributed by atoms with Crippen molar-refractivity contribution in [1.82, 2.24) is 4.98 Å². The maximum atomic E-state index is 12.1. The number of nitriles is 1. The van der Waals surface area contributed by atoms with Gasteiger partial charge in [-0.2, -0.15) is 5.26 Å². The third-order valence-electron chi connectivity index (χ3n) is 3.27. The molecule has 2 aromatic rings. The highest BCUT2D eigenvalue weighted by atomic mass is 79.9. The van der Waals surface area contributed by atoms with Gasteiger partial charge >= 0.3 is 0 Å². The monoisotopic (exact) mass is 390 g/mol. The second kappa shape index (κ2) is 7.54. The van der Waals surface area contributed by atoms with E-state index in [0.717, 1.165) is 4.47 Å². The topological polar surface area (TPSA) is 75.1 Å². The van der Waals surface area contributed by atoms with Crippen LogP contribution in [0.1, 0.15) is 32.0 Å². The number of halogens is 1. The molecule has 0 fully saturated rings. The number of hydrogen-bond donors (Lipinski definition) is 1. The first kappa shape index (κ1) is 18.1. The predicted octanol–water partition coefficient (Wildman–Crippen LogP) is 4.17. The number of rotatable bonds is 5. The van der Waals surface area contributed by atoms with Crippen LogP contribution in [0.5, 0.6) is 11.5 Å². The van der Waals surface area contributed by atoms with Crippen LogP contribution in [0.4, 0.5) is 0 Å². The van der Waals surface area contributed by atoms with Crippen LogP contribution >= 0.6 is 15.9 Å². The van der Waals surface area contributed by atoms with E-state index in [1.807, 2.05) is 26.8 Å². The molecule has 5 nitrogen and oxygen atoms in total. The van der Waals surface area contributed by atoms with Crippen LogP contribution in [0.3, 0.4) is 0 Å². The summed E-state index contributed by atoms with van der Waals surface area (Å²) in [5.74, 6) is 1.19. The Balaban J connectivity index is 2.70. The van der Waals surface area contributed by atoms with Gasteiger partial charge in [-0.25, -0.2) is 0 Å². The van der Waals surface area contributed by atoms with Crippen LogP contribution in [-0.4, -0.2) is 17.7 Å². The Hall–Kier alpha value is -2.26. The van der Waals surface area contributed by atoms with Crippen LogP contribution in [0.25, 0.3) is 11.1 Å². The molecule has 6 heteroatoms. The third kappa shape index (κ3) is 3.80. The number of hydrogen-bond acceptors (Lipinski definition) is 4. The van der Waals surface area contributed by atoms with Crippen LogP contribution in [0.2, 0.25) is 0 Å². The van der Waals surface area contributed by atoms with Gasteiger partial charge in [0.15, 0.2) is 11.5 Å². The normalized spacial score (nSPS) is 10.5. The van der Waals surface area contributed by atoms with Gasteiger partial charge in [-0.3, -0.25) is 4.79 Å². The van der Waals surface area contributed by atoms with Crippen molar-refractivity contribution < 1.29 is 9.47 Å². The number of H-pyrrole nitrogens is 1. The quantitative estimate of drug-likeness (QED) is 0.830. The first-order chi connectivity index (χ1) is 11.4. The molecule has 0 radical (unpaired) electrons. The fourth-order valence-corrected chi connectivity index (χ4v) is 2.90. The van der Waals surface area contributed by atoms with Crippen molar-refractivity contribution in [3.8, 4) is 28.7 Å². The first-order valence-electron chi connectivity index (χ1n) is 7.64. The summed E-state index contributed by atoms with van der Waals surface area (Å²) in [6.45, 7) is 8.02. The van der Waals surface area contributed by atoms with Crippen molar-refractivity contribution in [2.75, 3.05) is 6.61 Å². The zero-order chi connectivity index (χ0) is 17.9. The van der Waals surface area contributed by atoms with E-state index >= 15 is 0 Å². The molecule has 0 aliphatic rings. The Morgan fingerprint density at radius 2 is 1.96 bits per heavy atom. The lowest BCUT2D eigenvalue weighted by atomic mass is 10.0. The second-order valence-electron chi connectivity index (χ2n) is 5.56. The summed E-state index contributed by atoms with van der Waals surface area (Å²) in [7, 11) is 0. The molecule has 2 rings (SSSR count). The zero-order valence-corrected chi connectivity index (χ0v) is 15.7. The van der Waals surface area contributed by atoms with Crippen molar-refractivity contribution in [2.45, 2.75) is 33.8 Å². The summed E-state index contributed by atoms with van der Waals surface area (Å²) in [5, 5.41) is 9.35. The van der Waals surface area contributed by atoms with Gasteiger partial charge in [0, 0.05) is 21.3 Å². The fourth-order valence-electron chi connectivity index (χ4n) is 2.37. The number of ether oxygens (including phenoxy) is 2. The molecule has 0 aliphatic carbocycles. The number of aromatic amines is 1.